The molecule has 0 saturated heterocycles. The van der Waals surface area contributed by atoms with E-state index in [1.54, 1.807) is 6.07 Å². The van der Waals surface area contributed by atoms with Gasteiger partial charge in [-0.25, -0.2) is 4.79 Å². The molecule has 1 heterocycles. The zero-order valence-electron chi connectivity index (χ0n) is 9.55. The summed E-state index contributed by atoms with van der Waals surface area (Å²) in [5.74, 6) is 1.70. The third-order valence-electron chi connectivity index (χ3n) is 2.42. The largest absolute Gasteiger partial charge is 0.346 e. The Morgan fingerprint density at radius 1 is 1.17 bits per heavy atom. The van der Waals surface area contributed by atoms with Gasteiger partial charge in [0, 0.05) is 0 Å². The van der Waals surface area contributed by atoms with Gasteiger partial charge in [-0.05, 0) is 17.0 Å². The van der Waals surface area contributed by atoms with Gasteiger partial charge < -0.3 is 5.32 Å². The lowest BCUT2D eigenvalue weighted by Crippen LogP contribution is -2.24. The standard InChI is InChI=1S/C14H11NO2S/c16-10-12(11-5-2-1-3-6-11)9-15-14(17)13-7-4-8-18-13/h1-8H,9H2,(H,15,17). The minimum atomic E-state index is -0.173. The number of hydrogen-bond donors (Lipinski definition) is 1. The Balaban J connectivity index is 2.01. The van der Waals surface area contributed by atoms with Gasteiger partial charge in [0.2, 0.25) is 0 Å². The molecule has 3 nitrogen and oxygen atoms in total. The van der Waals surface area contributed by atoms with Gasteiger partial charge in [-0.1, -0.05) is 36.4 Å². The summed E-state index contributed by atoms with van der Waals surface area (Å²) in [4.78, 5) is 23.2. The first-order chi connectivity index (χ1) is 8.81. The van der Waals surface area contributed by atoms with Gasteiger partial charge >= 0.3 is 0 Å². The van der Waals surface area contributed by atoms with Crippen LogP contribution in [-0.2, 0) is 4.79 Å². The number of thiophene rings is 1. The van der Waals surface area contributed by atoms with Gasteiger partial charge in [0.1, 0.15) is 5.94 Å². The second-order valence-electron chi connectivity index (χ2n) is 3.61. The van der Waals surface area contributed by atoms with Crippen molar-refractivity contribution in [2.24, 2.45) is 0 Å². The molecule has 0 unspecified atom stereocenters. The Morgan fingerprint density at radius 2 is 1.94 bits per heavy atom. The molecule has 0 spiro atoms. The fourth-order valence-corrected chi connectivity index (χ4v) is 2.14. The highest BCUT2D eigenvalue weighted by atomic mass is 32.1. The normalized spacial score (nSPS) is 9.56. The maximum Gasteiger partial charge on any atom is 0.261 e. The summed E-state index contributed by atoms with van der Waals surface area (Å²) in [6.07, 6.45) is 0. The fourth-order valence-electron chi connectivity index (χ4n) is 1.50. The average molecular weight is 257 g/mol. The number of benzene rings is 1. The first kappa shape index (κ1) is 12.3. The minimum Gasteiger partial charge on any atom is -0.346 e. The molecule has 2 rings (SSSR count). The molecule has 1 N–H and O–H groups in total. The molecule has 0 radical (unpaired) electrons. The second-order valence-corrected chi connectivity index (χ2v) is 4.55. The fraction of sp³-hybridized carbons (Fsp3) is 0.0714. The van der Waals surface area contributed by atoms with E-state index in [4.69, 9.17) is 0 Å². The maximum atomic E-state index is 11.7. The van der Waals surface area contributed by atoms with Crippen molar-refractivity contribution in [1.29, 1.82) is 0 Å². The van der Waals surface area contributed by atoms with Crippen molar-refractivity contribution in [3.63, 3.8) is 0 Å². The third kappa shape index (κ3) is 2.94. The van der Waals surface area contributed by atoms with Crippen molar-refractivity contribution in [3.05, 3.63) is 58.3 Å². The summed E-state index contributed by atoms with van der Waals surface area (Å²) in [7, 11) is 0. The molecule has 1 aromatic carbocycles. The van der Waals surface area contributed by atoms with Crippen LogP contribution in [0.2, 0.25) is 0 Å². The summed E-state index contributed by atoms with van der Waals surface area (Å²) in [6.45, 7) is 0.185. The maximum absolute atomic E-state index is 11.7. The molecule has 0 saturated carbocycles. The van der Waals surface area contributed by atoms with Crippen LogP contribution in [-0.4, -0.2) is 18.4 Å². The summed E-state index contributed by atoms with van der Waals surface area (Å²) in [5.41, 5.74) is 1.22. The number of carbonyl (C=O) groups is 1. The average Bonchev–Trinajstić information content (AvgIpc) is 2.94. The highest BCUT2D eigenvalue weighted by Crippen LogP contribution is 2.11. The van der Waals surface area contributed by atoms with Crippen LogP contribution in [0.1, 0.15) is 15.2 Å². The lowest BCUT2D eigenvalue weighted by molar-refractivity contribution is 0.0963. The van der Waals surface area contributed by atoms with E-state index < -0.39 is 0 Å². The predicted molar refractivity (Wildman–Crippen MR) is 72.2 cm³/mol. The van der Waals surface area contributed by atoms with Crippen LogP contribution in [0.3, 0.4) is 0 Å². The van der Waals surface area contributed by atoms with Crippen LogP contribution in [0.15, 0.2) is 47.8 Å². The molecular formula is C14H11NO2S. The van der Waals surface area contributed by atoms with Gasteiger partial charge in [-0.3, -0.25) is 4.79 Å². The molecule has 90 valence electrons. The minimum absolute atomic E-state index is 0.173. The van der Waals surface area contributed by atoms with Gasteiger partial charge in [-0.2, -0.15) is 0 Å². The van der Waals surface area contributed by atoms with Crippen LogP contribution >= 0.6 is 11.3 Å². The molecule has 0 fully saturated rings. The van der Waals surface area contributed by atoms with E-state index in [1.165, 1.54) is 11.3 Å². The topological polar surface area (TPSA) is 46.2 Å². The molecule has 0 atom stereocenters. The Bertz CT molecular complexity index is 569. The van der Waals surface area contributed by atoms with Crippen molar-refractivity contribution in [2.45, 2.75) is 0 Å². The number of amides is 1. The van der Waals surface area contributed by atoms with E-state index in [0.29, 0.717) is 10.5 Å². The van der Waals surface area contributed by atoms with Crippen molar-refractivity contribution in [1.82, 2.24) is 5.32 Å². The number of carbonyl (C=O) groups excluding carboxylic acids is 2. The lowest BCUT2D eigenvalue weighted by atomic mass is 10.1. The van der Waals surface area contributed by atoms with Crippen molar-refractivity contribution < 1.29 is 9.59 Å². The monoisotopic (exact) mass is 257 g/mol. The van der Waals surface area contributed by atoms with Crippen LogP contribution in [0.4, 0.5) is 0 Å². The van der Waals surface area contributed by atoms with E-state index in [-0.39, 0.29) is 12.5 Å². The molecule has 0 aliphatic rings. The first-order valence-corrected chi connectivity index (χ1v) is 6.30. The van der Waals surface area contributed by atoms with Crippen LogP contribution in [0.5, 0.6) is 0 Å². The number of rotatable bonds is 4. The SMILES string of the molecule is O=C=C(CNC(=O)c1cccs1)c1ccccc1. The van der Waals surface area contributed by atoms with Gasteiger partial charge in [-0.15, -0.1) is 11.3 Å². The molecule has 0 aliphatic carbocycles. The lowest BCUT2D eigenvalue weighted by Gasteiger charge is -2.05. The van der Waals surface area contributed by atoms with E-state index >= 15 is 0 Å². The van der Waals surface area contributed by atoms with Gasteiger partial charge in [0.25, 0.3) is 5.91 Å². The van der Waals surface area contributed by atoms with Crippen molar-refractivity contribution in [2.75, 3.05) is 6.54 Å². The smallest absolute Gasteiger partial charge is 0.261 e. The first-order valence-electron chi connectivity index (χ1n) is 5.42. The highest BCUT2D eigenvalue weighted by molar-refractivity contribution is 7.12. The molecule has 0 aliphatic heterocycles. The van der Waals surface area contributed by atoms with Gasteiger partial charge in [0.05, 0.1) is 17.0 Å². The summed E-state index contributed by atoms with van der Waals surface area (Å²) in [6, 6.07) is 12.7. The van der Waals surface area contributed by atoms with Crippen molar-refractivity contribution in [3.8, 4) is 0 Å². The number of nitrogens with one attached hydrogen (secondary N) is 1. The third-order valence-corrected chi connectivity index (χ3v) is 3.28. The van der Waals surface area contributed by atoms with Gasteiger partial charge in [0.15, 0.2) is 0 Å². The molecule has 2 aromatic rings. The zero-order chi connectivity index (χ0) is 12.8. The Hall–Kier alpha value is -2.16. The Morgan fingerprint density at radius 3 is 2.56 bits per heavy atom. The van der Waals surface area contributed by atoms with E-state index in [2.05, 4.69) is 5.32 Å². The Kier molecular flexibility index (Phi) is 4.07. The van der Waals surface area contributed by atoms with Crippen LogP contribution < -0.4 is 5.32 Å². The summed E-state index contributed by atoms with van der Waals surface area (Å²) < 4.78 is 0. The summed E-state index contributed by atoms with van der Waals surface area (Å²) in [5, 5.41) is 4.54. The van der Waals surface area contributed by atoms with Crippen molar-refractivity contribution >= 4 is 28.8 Å². The molecule has 0 bridgehead atoms. The Labute approximate surface area is 109 Å². The van der Waals surface area contributed by atoms with E-state index in [0.717, 1.165) is 5.56 Å². The molecule has 4 heteroatoms. The van der Waals surface area contributed by atoms with Crippen LogP contribution in [0, 0.1) is 0 Å². The molecule has 18 heavy (non-hydrogen) atoms. The van der Waals surface area contributed by atoms with E-state index in [9.17, 15) is 9.59 Å². The van der Waals surface area contributed by atoms with E-state index in [1.807, 2.05) is 47.7 Å². The van der Waals surface area contributed by atoms with Crippen LogP contribution in [0.25, 0.3) is 5.57 Å². The number of hydrogen-bond acceptors (Lipinski definition) is 3. The summed E-state index contributed by atoms with van der Waals surface area (Å²) >= 11 is 1.37. The predicted octanol–water partition coefficient (Wildman–Crippen LogP) is 2.39. The molecular weight excluding hydrogens is 246 g/mol. The molecule has 1 aromatic heterocycles. The highest BCUT2D eigenvalue weighted by Gasteiger charge is 2.08. The second kappa shape index (κ2) is 5.96. The quantitative estimate of drug-likeness (QED) is 0.855. The zero-order valence-corrected chi connectivity index (χ0v) is 10.4. The molecule has 1 amide bonds.